The Morgan fingerprint density at radius 1 is 1.17 bits per heavy atom. The first kappa shape index (κ1) is 17.1. The van der Waals surface area contributed by atoms with Gasteiger partial charge in [-0.15, -0.1) is 0 Å². The van der Waals surface area contributed by atoms with Gasteiger partial charge in [0, 0.05) is 24.2 Å². The molecule has 0 aliphatic carbocycles. The van der Waals surface area contributed by atoms with Crippen LogP contribution in [0.15, 0.2) is 48.5 Å². The molecule has 0 spiro atoms. The third-order valence-electron chi connectivity index (χ3n) is 3.18. The third-order valence-corrected chi connectivity index (χ3v) is 3.18. The number of nitro benzene ring substituents is 1. The monoisotopic (exact) mass is 328 g/mol. The number of nitro groups is 1. The second-order valence-electron chi connectivity index (χ2n) is 5.10. The van der Waals surface area contributed by atoms with E-state index in [9.17, 15) is 19.7 Å². The van der Waals surface area contributed by atoms with Gasteiger partial charge in [0.25, 0.3) is 11.6 Å². The summed E-state index contributed by atoms with van der Waals surface area (Å²) < 4.78 is 5.16. The molecule has 124 valence electrons. The van der Waals surface area contributed by atoms with Gasteiger partial charge in [-0.2, -0.15) is 0 Å². The lowest BCUT2D eigenvalue weighted by Gasteiger charge is -2.06. The maximum atomic E-state index is 11.9. The lowest BCUT2D eigenvalue weighted by Crippen LogP contribution is -2.27. The summed E-state index contributed by atoms with van der Waals surface area (Å²) in [6.07, 6.45) is 0.0205. The molecule has 1 N–H and O–H groups in total. The molecule has 0 bridgehead atoms. The van der Waals surface area contributed by atoms with Crippen LogP contribution in [0.2, 0.25) is 0 Å². The molecule has 0 fully saturated rings. The van der Waals surface area contributed by atoms with Gasteiger partial charge in [0.15, 0.2) is 0 Å². The van der Waals surface area contributed by atoms with Crippen LogP contribution >= 0.6 is 0 Å². The van der Waals surface area contributed by atoms with E-state index >= 15 is 0 Å². The van der Waals surface area contributed by atoms with Gasteiger partial charge in [-0.25, -0.2) is 0 Å². The van der Waals surface area contributed by atoms with Gasteiger partial charge in [0.2, 0.25) is 0 Å². The summed E-state index contributed by atoms with van der Waals surface area (Å²) in [5.41, 5.74) is 1.17. The van der Waals surface area contributed by atoms with Crippen molar-refractivity contribution in [1.82, 2.24) is 5.32 Å². The number of ether oxygens (including phenoxy) is 1. The van der Waals surface area contributed by atoms with E-state index in [1.54, 1.807) is 18.2 Å². The van der Waals surface area contributed by atoms with Crippen molar-refractivity contribution in [3.8, 4) is 5.75 Å². The van der Waals surface area contributed by atoms with E-state index in [1.807, 2.05) is 13.0 Å². The molecule has 0 saturated carbocycles. The first-order valence-corrected chi connectivity index (χ1v) is 7.26. The van der Waals surface area contributed by atoms with Crippen LogP contribution in [0.25, 0.3) is 0 Å². The van der Waals surface area contributed by atoms with Gasteiger partial charge in [-0.05, 0) is 36.8 Å². The summed E-state index contributed by atoms with van der Waals surface area (Å²) >= 11 is 0. The van der Waals surface area contributed by atoms with Crippen LogP contribution in [0, 0.1) is 17.0 Å². The van der Waals surface area contributed by atoms with Crippen LogP contribution in [0.4, 0.5) is 5.69 Å². The summed E-state index contributed by atoms with van der Waals surface area (Å²) in [5.74, 6) is -0.403. The number of carbonyl (C=O) groups excluding carboxylic acids is 2. The molecule has 0 aliphatic heterocycles. The minimum atomic E-state index is -0.539. The minimum Gasteiger partial charge on any atom is -0.426 e. The first-order chi connectivity index (χ1) is 11.5. The molecule has 0 heterocycles. The summed E-state index contributed by atoms with van der Waals surface area (Å²) in [5, 5.41) is 13.1. The van der Waals surface area contributed by atoms with Crippen LogP contribution in [-0.2, 0) is 4.79 Å². The smallest absolute Gasteiger partial charge is 0.312 e. The van der Waals surface area contributed by atoms with Crippen LogP contribution in [0.1, 0.15) is 22.3 Å². The van der Waals surface area contributed by atoms with Crippen LogP contribution in [0.5, 0.6) is 5.75 Å². The van der Waals surface area contributed by atoms with Crippen LogP contribution < -0.4 is 10.1 Å². The van der Waals surface area contributed by atoms with Gasteiger partial charge in [0.1, 0.15) is 5.75 Å². The van der Waals surface area contributed by atoms with E-state index in [0.717, 1.165) is 5.56 Å². The second kappa shape index (κ2) is 7.87. The Balaban J connectivity index is 1.79. The fourth-order valence-corrected chi connectivity index (χ4v) is 1.98. The van der Waals surface area contributed by atoms with E-state index in [0.29, 0.717) is 5.75 Å². The normalized spacial score (nSPS) is 10.0. The summed E-state index contributed by atoms with van der Waals surface area (Å²) in [4.78, 5) is 33.6. The van der Waals surface area contributed by atoms with E-state index in [4.69, 9.17) is 4.74 Å². The number of hydrogen-bond donors (Lipinski definition) is 1. The average Bonchev–Trinajstić information content (AvgIpc) is 2.54. The number of non-ortho nitro benzene ring substituents is 1. The van der Waals surface area contributed by atoms with Crippen molar-refractivity contribution in [2.45, 2.75) is 13.3 Å². The number of aryl methyl sites for hydroxylation is 1. The Morgan fingerprint density at radius 2 is 1.88 bits per heavy atom. The maximum absolute atomic E-state index is 11.9. The molecule has 24 heavy (non-hydrogen) atoms. The van der Waals surface area contributed by atoms with Crippen molar-refractivity contribution >= 4 is 17.6 Å². The SMILES string of the molecule is Cc1cccc(OC(=O)CCNC(=O)c2ccc([N+](=O)[O-])cc2)c1. The lowest BCUT2D eigenvalue weighted by molar-refractivity contribution is -0.384. The summed E-state index contributed by atoms with van der Waals surface area (Å²) in [6, 6.07) is 12.3. The summed E-state index contributed by atoms with van der Waals surface area (Å²) in [7, 11) is 0. The Morgan fingerprint density at radius 3 is 2.50 bits per heavy atom. The van der Waals surface area contributed by atoms with E-state index in [-0.39, 0.29) is 24.2 Å². The molecule has 0 aliphatic rings. The number of nitrogens with zero attached hydrogens (tertiary/aromatic N) is 1. The highest BCUT2D eigenvalue weighted by atomic mass is 16.6. The number of benzene rings is 2. The van der Waals surface area contributed by atoms with Crippen molar-refractivity contribution in [3.05, 3.63) is 69.8 Å². The topological polar surface area (TPSA) is 98.5 Å². The van der Waals surface area contributed by atoms with Gasteiger partial charge >= 0.3 is 5.97 Å². The molecule has 1 amide bonds. The second-order valence-corrected chi connectivity index (χ2v) is 5.10. The molecule has 0 radical (unpaired) electrons. The van der Waals surface area contributed by atoms with Gasteiger partial charge in [-0.3, -0.25) is 19.7 Å². The molecule has 0 atom stereocenters. The van der Waals surface area contributed by atoms with E-state index < -0.39 is 16.8 Å². The number of carbonyl (C=O) groups is 2. The highest BCUT2D eigenvalue weighted by Crippen LogP contribution is 2.13. The Hall–Kier alpha value is -3.22. The number of esters is 1. The molecule has 7 heteroatoms. The Kier molecular flexibility index (Phi) is 5.62. The van der Waals surface area contributed by atoms with Gasteiger partial charge in [-0.1, -0.05) is 12.1 Å². The molecule has 2 rings (SSSR count). The predicted molar refractivity (Wildman–Crippen MR) is 86.9 cm³/mol. The number of amides is 1. The average molecular weight is 328 g/mol. The lowest BCUT2D eigenvalue weighted by atomic mass is 10.2. The molecular weight excluding hydrogens is 312 g/mol. The first-order valence-electron chi connectivity index (χ1n) is 7.26. The highest BCUT2D eigenvalue weighted by Gasteiger charge is 2.10. The largest absolute Gasteiger partial charge is 0.426 e. The zero-order valence-electron chi connectivity index (χ0n) is 13.0. The maximum Gasteiger partial charge on any atom is 0.312 e. The third kappa shape index (κ3) is 4.91. The van der Waals surface area contributed by atoms with Crippen LogP contribution in [-0.4, -0.2) is 23.3 Å². The standard InChI is InChI=1S/C17H16N2O5/c1-12-3-2-4-15(11-12)24-16(20)9-10-18-17(21)13-5-7-14(8-6-13)19(22)23/h2-8,11H,9-10H2,1H3,(H,18,21). The van der Waals surface area contributed by atoms with E-state index in [2.05, 4.69) is 5.32 Å². The van der Waals surface area contributed by atoms with E-state index in [1.165, 1.54) is 24.3 Å². The molecule has 2 aromatic carbocycles. The van der Waals surface area contributed by atoms with Gasteiger partial charge in [0.05, 0.1) is 11.3 Å². The number of rotatable bonds is 6. The van der Waals surface area contributed by atoms with Crippen molar-refractivity contribution in [2.75, 3.05) is 6.54 Å². The molecule has 2 aromatic rings. The zero-order chi connectivity index (χ0) is 17.5. The Bertz CT molecular complexity index is 756. The number of nitrogens with one attached hydrogen (secondary N) is 1. The molecule has 0 aromatic heterocycles. The molecule has 0 saturated heterocycles. The quantitative estimate of drug-likeness (QED) is 0.380. The highest BCUT2D eigenvalue weighted by molar-refractivity contribution is 5.94. The Labute approximate surface area is 138 Å². The van der Waals surface area contributed by atoms with Crippen molar-refractivity contribution in [1.29, 1.82) is 0 Å². The fourth-order valence-electron chi connectivity index (χ4n) is 1.98. The fraction of sp³-hybridized carbons (Fsp3) is 0.176. The van der Waals surface area contributed by atoms with Crippen molar-refractivity contribution in [2.24, 2.45) is 0 Å². The zero-order valence-corrected chi connectivity index (χ0v) is 13.0. The molecule has 0 unspecified atom stereocenters. The number of hydrogen-bond acceptors (Lipinski definition) is 5. The molecular formula is C17H16N2O5. The van der Waals surface area contributed by atoms with Crippen molar-refractivity contribution in [3.63, 3.8) is 0 Å². The van der Waals surface area contributed by atoms with Gasteiger partial charge < -0.3 is 10.1 Å². The summed E-state index contributed by atoms with van der Waals surface area (Å²) in [6.45, 7) is 2.00. The predicted octanol–water partition coefficient (Wildman–Crippen LogP) is 2.63. The van der Waals surface area contributed by atoms with Crippen LogP contribution in [0.3, 0.4) is 0 Å². The minimum absolute atomic E-state index is 0.0205. The molecule has 7 nitrogen and oxygen atoms in total. The van der Waals surface area contributed by atoms with Crippen molar-refractivity contribution < 1.29 is 19.2 Å².